The fourth-order valence-corrected chi connectivity index (χ4v) is 1.44. The summed E-state index contributed by atoms with van der Waals surface area (Å²) < 4.78 is 0. The Labute approximate surface area is 100.0 Å². The average molecular weight is 224 g/mol. The van der Waals surface area contributed by atoms with Gasteiger partial charge < -0.3 is 5.32 Å². The standard InChI is InChI=1S/C13H12N4/c1-10-15-7-6-13(17-10)16-9-12-4-2-11(8-14)3-5-12/h2-7H,9H2,1H3,(H,15,16,17). The van der Waals surface area contributed by atoms with Crippen LogP contribution >= 0.6 is 0 Å². The Bertz CT molecular complexity index is 540. The first-order valence-corrected chi connectivity index (χ1v) is 5.30. The van der Waals surface area contributed by atoms with Crippen molar-refractivity contribution in [3.63, 3.8) is 0 Å². The predicted molar refractivity (Wildman–Crippen MR) is 65.3 cm³/mol. The highest BCUT2D eigenvalue weighted by Crippen LogP contribution is 2.07. The third-order valence-corrected chi connectivity index (χ3v) is 2.33. The van der Waals surface area contributed by atoms with Crippen molar-refractivity contribution in [2.45, 2.75) is 13.5 Å². The van der Waals surface area contributed by atoms with Gasteiger partial charge in [-0.1, -0.05) is 12.1 Å². The van der Waals surface area contributed by atoms with Gasteiger partial charge in [0, 0.05) is 12.7 Å². The molecule has 0 aliphatic rings. The Morgan fingerprint density at radius 2 is 2.00 bits per heavy atom. The first-order valence-electron chi connectivity index (χ1n) is 5.30. The monoisotopic (exact) mass is 224 g/mol. The van der Waals surface area contributed by atoms with Gasteiger partial charge in [-0.25, -0.2) is 9.97 Å². The van der Waals surface area contributed by atoms with Crippen LogP contribution in [0.3, 0.4) is 0 Å². The molecule has 0 fully saturated rings. The average Bonchev–Trinajstić information content (AvgIpc) is 2.37. The first kappa shape index (κ1) is 11.1. The molecule has 2 rings (SSSR count). The maximum atomic E-state index is 8.68. The van der Waals surface area contributed by atoms with Gasteiger partial charge >= 0.3 is 0 Å². The van der Waals surface area contributed by atoms with E-state index in [-0.39, 0.29) is 0 Å². The summed E-state index contributed by atoms with van der Waals surface area (Å²) >= 11 is 0. The van der Waals surface area contributed by atoms with E-state index in [0.717, 1.165) is 17.2 Å². The summed E-state index contributed by atoms with van der Waals surface area (Å²) in [5.41, 5.74) is 1.78. The van der Waals surface area contributed by atoms with Crippen molar-refractivity contribution in [1.29, 1.82) is 5.26 Å². The molecule has 1 aromatic heterocycles. The summed E-state index contributed by atoms with van der Waals surface area (Å²) in [4.78, 5) is 8.28. The second-order valence-corrected chi connectivity index (χ2v) is 3.65. The topological polar surface area (TPSA) is 61.6 Å². The second kappa shape index (κ2) is 5.08. The predicted octanol–water partition coefficient (Wildman–Crippen LogP) is 2.27. The zero-order valence-corrected chi connectivity index (χ0v) is 9.51. The molecule has 84 valence electrons. The highest BCUT2D eigenvalue weighted by atomic mass is 15.0. The number of rotatable bonds is 3. The Morgan fingerprint density at radius 3 is 2.65 bits per heavy atom. The number of aryl methyl sites for hydroxylation is 1. The van der Waals surface area contributed by atoms with Crippen molar-refractivity contribution in [3.05, 3.63) is 53.5 Å². The van der Waals surface area contributed by atoms with Crippen LogP contribution in [0.1, 0.15) is 17.0 Å². The summed E-state index contributed by atoms with van der Waals surface area (Å²) in [5, 5.41) is 11.9. The number of hydrogen-bond acceptors (Lipinski definition) is 4. The maximum absolute atomic E-state index is 8.68. The number of nitrogens with one attached hydrogen (secondary N) is 1. The zero-order valence-electron chi connectivity index (χ0n) is 9.51. The van der Waals surface area contributed by atoms with Crippen molar-refractivity contribution in [2.24, 2.45) is 0 Å². The van der Waals surface area contributed by atoms with Crippen molar-refractivity contribution in [1.82, 2.24) is 9.97 Å². The minimum atomic E-state index is 0.673. The molecule has 4 heteroatoms. The van der Waals surface area contributed by atoms with E-state index >= 15 is 0 Å². The lowest BCUT2D eigenvalue weighted by Crippen LogP contribution is -2.02. The number of nitriles is 1. The molecule has 0 radical (unpaired) electrons. The quantitative estimate of drug-likeness (QED) is 0.868. The van der Waals surface area contributed by atoms with Crippen LogP contribution in [0.25, 0.3) is 0 Å². The van der Waals surface area contributed by atoms with Gasteiger partial charge in [-0.15, -0.1) is 0 Å². The minimum absolute atomic E-state index is 0.673. The maximum Gasteiger partial charge on any atom is 0.129 e. The van der Waals surface area contributed by atoms with E-state index in [1.54, 1.807) is 6.20 Å². The molecule has 1 N–H and O–H groups in total. The summed E-state index contributed by atoms with van der Waals surface area (Å²) in [7, 11) is 0. The molecule has 0 aliphatic carbocycles. The van der Waals surface area contributed by atoms with Crippen LogP contribution in [0.15, 0.2) is 36.5 Å². The lowest BCUT2D eigenvalue weighted by Gasteiger charge is -2.05. The van der Waals surface area contributed by atoms with Gasteiger partial charge in [0.1, 0.15) is 11.6 Å². The molecule has 0 amide bonds. The molecular weight excluding hydrogens is 212 g/mol. The lowest BCUT2D eigenvalue weighted by atomic mass is 10.1. The van der Waals surface area contributed by atoms with Gasteiger partial charge in [0.05, 0.1) is 11.6 Å². The molecule has 17 heavy (non-hydrogen) atoms. The van der Waals surface area contributed by atoms with Crippen LogP contribution in [0.4, 0.5) is 5.82 Å². The van der Waals surface area contributed by atoms with E-state index in [4.69, 9.17) is 5.26 Å². The zero-order chi connectivity index (χ0) is 12.1. The van der Waals surface area contributed by atoms with E-state index in [1.165, 1.54) is 0 Å². The summed E-state index contributed by atoms with van der Waals surface area (Å²) in [6.07, 6.45) is 1.73. The molecule has 0 saturated carbocycles. The van der Waals surface area contributed by atoms with Gasteiger partial charge in [0.25, 0.3) is 0 Å². The third kappa shape index (κ3) is 3.02. The van der Waals surface area contributed by atoms with Gasteiger partial charge in [-0.05, 0) is 30.7 Å². The number of hydrogen-bond donors (Lipinski definition) is 1. The molecule has 1 aromatic carbocycles. The first-order chi connectivity index (χ1) is 8.28. The number of aromatic nitrogens is 2. The normalized spacial score (nSPS) is 9.65. The summed E-state index contributed by atoms with van der Waals surface area (Å²) in [6, 6.07) is 11.4. The highest BCUT2D eigenvalue weighted by molar-refractivity contribution is 5.36. The summed E-state index contributed by atoms with van der Waals surface area (Å²) in [5.74, 6) is 1.55. The van der Waals surface area contributed by atoms with Crippen molar-refractivity contribution in [3.8, 4) is 6.07 Å². The molecule has 0 atom stereocenters. The SMILES string of the molecule is Cc1nccc(NCc2ccc(C#N)cc2)n1. The van der Waals surface area contributed by atoms with Crippen LogP contribution in [0.2, 0.25) is 0 Å². The third-order valence-electron chi connectivity index (χ3n) is 2.33. The van der Waals surface area contributed by atoms with Crippen molar-refractivity contribution in [2.75, 3.05) is 5.32 Å². The van der Waals surface area contributed by atoms with Crippen LogP contribution < -0.4 is 5.32 Å². The second-order valence-electron chi connectivity index (χ2n) is 3.65. The molecule has 0 unspecified atom stereocenters. The Kier molecular flexibility index (Phi) is 3.31. The molecule has 0 saturated heterocycles. The molecule has 4 nitrogen and oxygen atoms in total. The molecule has 0 aliphatic heterocycles. The van der Waals surface area contributed by atoms with Gasteiger partial charge in [0.15, 0.2) is 0 Å². The molecule has 2 aromatic rings. The Balaban J connectivity index is 2.00. The minimum Gasteiger partial charge on any atom is -0.366 e. The van der Waals surface area contributed by atoms with Crippen molar-refractivity contribution >= 4 is 5.82 Å². The van der Waals surface area contributed by atoms with Crippen LogP contribution in [0, 0.1) is 18.3 Å². The van der Waals surface area contributed by atoms with Gasteiger partial charge in [-0.2, -0.15) is 5.26 Å². The smallest absolute Gasteiger partial charge is 0.129 e. The molecular formula is C13H12N4. The van der Waals surface area contributed by atoms with Gasteiger partial charge in [-0.3, -0.25) is 0 Å². The van der Waals surface area contributed by atoms with E-state index < -0.39 is 0 Å². The molecule has 0 bridgehead atoms. The van der Waals surface area contributed by atoms with E-state index in [0.29, 0.717) is 12.1 Å². The van der Waals surface area contributed by atoms with E-state index in [1.807, 2.05) is 37.3 Å². The fraction of sp³-hybridized carbons (Fsp3) is 0.154. The number of nitrogens with zero attached hydrogens (tertiary/aromatic N) is 3. The summed E-state index contributed by atoms with van der Waals surface area (Å²) in [6.45, 7) is 2.54. The Morgan fingerprint density at radius 1 is 1.24 bits per heavy atom. The number of anilines is 1. The van der Waals surface area contributed by atoms with Crippen LogP contribution in [0.5, 0.6) is 0 Å². The van der Waals surface area contributed by atoms with Crippen LogP contribution in [-0.4, -0.2) is 9.97 Å². The Hall–Kier alpha value is -2.41. The van der Waals surface area contributed by atoms with E-state index in [2.05, 4.69) is 21.4 Å². The molecule has 0 spiro atoms. The molecule has 1 heterocycles. The fourth-order valence-electron chi connectivity index (χ4n) is 1.44. The van der Waals surface area contributed by atoms with Gasteiger partial charge in [0.2, 0.25) is 0 Å². The largest absolute Gasteiger partial charge is 0.366 e. The van der Waals surface area contributed by atoms with Crippen LogP contribution in [-0.2, 0) is 6.54 Å². The lowest BCUT2D eigenvalue weighted by molar-refractivity contribution is 1.02. The highest BCUT2D eigenvalue weighted by Gasteiger charge is 1.96. The van der Waals surface area contributed by atoms with E-state index in [9.17, 15) is 0 Å². The van der Waals surface area contributed by atoms with Crippen molar-refractivity contribution < 1.29 is 0 Å². The number of benzene rings is 1.